The summed E-state index contributed by atoms with van der Waals surface area (Å²) in [5, 5.41) is 3.05. The Morgan fingerprint density at radius 3 is 2.65 bits per heavy atom. The third-order valence-electron chi connectivity index (χ3n) is 2.09. The van der Waals surface area contributed by atoms with E-state index in [1.54, 1.807) is 24.3 Å². The zero-order chi connectivity index (χ0) is 12.3. The van der Waals surface area contributed by atoms with Crippen molar-refractivity contribution in [2.24, 2.45) is 5.84 Å². The van der Waals surface area contributed by atoms with Crippen LogP contribution in [0.2, 0.25) is 5.02 Å². The fourth-order valence-corrected chi connectivity index (χ4v) is 1.49. The molecule has 1 aromatic heterocycles. The summed E-state index contributed by atoms with van der Waals surface area (Å²) in [7, 11) is 0. The second-order valence-corrected chi connectivity index (χ2v) is 3.71. The van der Waals surface area contributed by atoms with Crippen LogP contribution >= 0.6 is 11.6 Å². The first-order valence-corrected chi connectivity index (χ1v) is 5.22. The summed E-state index contributed by atoms with van der Waals surface area (Å²) in [6.07, 6.45) is 0. The van der Waals surface area contributed by atoms with Gasteiger partial charge in [0.05, 0.1) is 5.02 Å². The lowest BCUT2D eigenvalue weighted by Gasteiger charge is -2.07. The number of nitrogen functional groups attached to an aromatic ring is 1. The van der Waals surface area contributed by atoms with Gasteiger partial charge in [-0.3, -0.25) is 0 Å². The highest BCUT2D eigenvalue weighted by Gasteiger charge is 2.02. The van der Waals surface area contributed by atoms with E-state index < -0.39 is 5.82 Å². The van der Waals surface area contributed by atoms with Crippen molar-refractivity contribution in [2.45, 2.75) is 0 Å². The molecule has 0 radical (unpaired) electrons. The zero-order valence-electron chi connectivity index (χ0n) is 8.74. The lowest BCUT2D eigenvalue weighted by atomic mass is 10.3. The first-order valence-electron chi connectivity index (χ1n) is 4.85. The molecule has 0 fully saturated rings. The Bertz CT molecular complexity index is 533. The van der Waals surface area contributed by atoms with Crippen molar-refractivity contribution in [3.8, 4) is 0 Å². The van der Waals surface area contributed by atoms with Crippen molar-refractivity contribution in [1.82, 2.24) is 4.98 Å². The summed E-state index contributed by atoms with van der Waals surface area (Å²) in [6, 6.07) is 9.62. The van der Waals surface area contributed by atoms with Crippen molar-refractivity contribution >= 4 is 28.9 Å². The van der Waals surface area contributed by atoms with Crippen molar-refractivity contribution < 1.29 is 4.39 Å². The van der Waals surface area contributed by atoms with Gasteiger partial charge in [-0.2, -0.15) is 0 Å². The minimum absolute atomic E-state index is 0.0584. The standard InChI is InChI=1S/C11H10ClFN4/c12-8-6-7(4-5-9(8)13)15-10-2-1-3-11(16-10)17-14/h1-6H,14H2,(H2,15,16,17). The number of halogens is 2. The summed E-state index contributed by atoms with van der Waals surface area (Å²) in [6.45, 7) is 0. The van der Waals surface area contributed by atoms with E-state index >= 15 is 0 Å². The van der Waals surface area contributed by atoms with Gasteiger partial charge in [-0.05, 0) is 30.3 Å². The van der Waals surface area contributed by atoms with Crippen molar-refractivity contribution in [2.75, 3.05) is 10.7 Å². The molecule has 1 heterocycles. The van der Waals surface area contributed by atoms with Gasteiger partial charge in [-0.1, -0.05) is 17.7 Å². The Hall–Kier alpha value is -1.85. The maximum absolute atomic E-state index is 13.0. The lowest BCUT2D eigenvalue weighted by Crippen LogP contribution is -2.08. The number of hydrogen-bond acceptors (Lipinski definition) is 4. The number of benzene rings is 1. The average molecular weight is 253 g/mol. The van der Waals surface area contributed by atoms with Gasteiger partial charge in [0, 0.05) is 5.69 Å². The number of nitrogens with zero attached hydrogens (tertiary/aromatic N) is 1. The molecule has 0 aliphatic carbocycles. The molecule has 0 atom stereocenters. The number of rotatable bonds is 3. The van der Waals surface area contributed by atoms with Crippen molar-refractivity contribution in [3.05, 3.63) is 47.2 Å². The molecule has 0 aliphatic heterocycles. The molecule has 6 heteroatoms. The molecular weight excluding hydrogens is 243 g/mol. The maximum atomic E-state index is 13.0. The first kappa shape index (κ1) is 11.6. The Kier molecular flexibility index (Phi) is 3.41. The van der Waals surface area contributed by atoms with Crippen LogP contribution in [0.25, 0.3) is 0 Å². The summed E-state index contributed by atoms with van der Waals surface area (Å²) < 4.78 is 13.0. The lowest BCUT2D eigenvalue weighted by molar-refractivity contribution is 0.628. The van der Waals surface area contributed by atoms with Crippen LogP contribution in [-0.4, -0.2) is 4.98 Å². The quantitative estimate of drug-likeness (QED) is 0.581. The molecule has 0 spiro atoms. The van der Waals surface area contributed by atoms with Gasteiger partial charge >= 0.3 is 0 Å². The van der Waals surface area contributed by atoms with Crippen LogP contribution in [0.5, 0.6) is 0 Å². The monoisotopic (exact) mass is 252 g/mol. The fourth-order valence-electron chi connectivity index (χ4n) is 1.31. The summed E-state index contributed by atoms with van der Waals surface area (Å²) in [5.41, 5.74) is 3.09. The molecule has 4 nitrogen and oxygen atoms in total. The molecule has 1 aromatic carbocycles. The Labute approximate surface area is 103 Å². The highest BCUT2D eigenvalue weighted by Crippen LogP contribution is 2.22. The molecule has 17 heavy (non-hydrogen) atoms. The third-order valence-corrected chi connectivity index (χ3v) is 2.38. The molecule has 0 bridgehead atoms. The number of hydrazine groups is 1. The number of aromatic nitrogens is 1. The summed E-state index contributed by atoms with van der Waals surface area (Å²) >= 11 is 5.67. The smallest absolute Gasteiger partial charge is 0.142 e. The minimum Gasteiger partial charge on any atom is -0.340 e. The van der Waals surface area contributed by atoms with Gasteiger partial charge in [0.15, 0.2) is 0 Å². The predicted molar refractivity (Wildman–Crippen MR) is 66.7 cm³/mol. The van der Waals surface area contributed by atoms with Crippen LogP contribution in [0.1, 0.15) is 0 Å². The van der Waals surface area contributed by atoms with E-state index in [0.717, 1.165) is 0 Å². The highest BCUT2D eigenvalue weighted by atomic mass is 35.5. The second kappa shape index (κ2) is 4.99. The molecule has 2 rings (SSSR count). The van der Waals surface area contributed by atoms with E-state index in [1.165, 1.54) is 12.1 Å². The van der Waals surface area contributed by atoms with Crippen LogP contribution in [0, 0.1) is 5.82 Å². The van der Waals surface area contributed by atoms with Crippen LogP contribution in [0.15, 0.2) is 36.4 Å². The van der Waals surface area contributed by atoms with E-state index in [4.69, 9.17) is 17.4 Å². The Balaban J connectivity index is 2.22. The van der Waals surface area contributed by atoms with E-state index in [-0.39, 0.29) is 5.02 Å². The molecular formula is C11H10ClFN4. The van der Waals surface area contributed by atoms with Gasteiger partial charge < -0.3 is 10.7 Å². The first-order chi connectivity index (χ1) is 8.19. The molecule has 4 N–H and O–H groups in total. The predicted octanol–water partition coefficient (Wildman–Crippen LogP) is 2.90. The number of nitrogens with two attached hydrogens (primary N) is 1. The van der Waals surface area contributed by atoms with Gasteiger partial charge in [0.1, 0.15) is 17.5 Å². The van der Waals surface area contributed by atoms with Crippen molar-refractivity contribution in [3.63, 3.8) is 0 Å². The van der Waals surface area contributed by atoms with E-state index in [0.29, 0.717) is 17.3 Å². The van der Waals surface area contributed by atoms with E-state index in [1.807, 2.05) is 0 Å². The summed E-state index contributed by atoms with van der Waals surface area (Å²) in [4.78, 5) is 4.15. The SMILES string of the molecule is NNc1cccc(Nc2ccc(F)c(Cl)c2)n1. The Morgan fingerprint density at radius 1 is 1.18 bits per heavy atom. The van der Waals surface area contributed by atoms with Gasteiger partial charge in [0.2, 0.25) is 0 Å². The van der Waals surface area contributed by atoms with Gasteiger partial charge in [0.25, 0.3) is 0 Å². The molecule has 0 aliphatic rings. The van der Waals surface area contributed by atoms with Crippen LogP contribution in [-0.2, 0) is 0 Å². The third kappa shape index (κ3) is 2.83. The highest BCUT2D eigenvalue weighted by molar-refractivity contribution is 6.31. The van der Waals surface area contributed by atoms with Gasteiger partial charge in [-0.15, -0.1) is 0 Å². The normalized spacial score (nSPS) is 10.1. The van der Waals surface area contributed by atoms with Crippen molar-refractivity contribution in [1.29, 1.82) is 0 Å². The van der Waals surface area contributed by atoms with E-state index in [9.17, 15) is 4.39 Å². The summed E-state index contributed by atoms with van der Waals surface area (Å²) in [5.74, 6) is 5.91. The molecule has 0 saturated heterocycles. The van der Waals surface area contributed by atoms with Crippen LogP contribution in [0.4, 0.5) is 21.7 Å². The maximum Gasteiger partial charge on any atom is 0.142 e. The second-order valence-electron chi connectivity index (χ2n) is 3.31. The topological polar surface area (TPSA) is 63.0 Å². The molecule has 0 saturated carbocycles. The van der Waals surface area contributed by atoms with Crippen LogP contribution < -0.4 is 16.6 Å². The average Bonchev–Trinajstić information content (AvgIpc) is 2.34. The van der Waals surface area contributed by atoms with Crippen LogP contribution in [0.3, 0.4) is 0 Å². The number of anilines is 3. The number of hydrogen-bond donors (Lipinski definition) is 3. The molecule has 0 unspecified atom stereocenters. The molecule has 88 valence electrons. The largest absolute Gasteiger partial charge is 0.340 e. The van der Waals surface area contributed by atoms with E-state index in [2.05, 4.69) is 15.7 Å². The molecule has 2 aromatic rings. The fraction of sp³-hybridized carbons (Fsp3) is 0. The zero-order valence-corrected chi connectivity index (χ0v) is 9.50. The minimum atomic E-state index is -0.456. The number of pyridine rings is 1. The molecule has 0 amide bonds. The Morgan fingerprint density at radius 2 is 1.94 bits per heavy atom. The number of nitrogens with one attached hydrogen (secondary N) is 2. The van der Waals surface area contributed by atoms with Gasteiger partial charge in [-0.25, -0.2) is 15.2 Å².